The lowest BCUT2D eigenvalue weighted by Gasteiger charge is -2.26. The molecule has 0 saturated heterocycles. The maximum absolute atomic E-state index is 12.1. The Morgan fingerprint density at radius 2 is 2.00 bits per heavy atom. The van der Waals surface area contributed by atoms with Crippen LogP contribution in [0.15, 0.2) is 27.8 Å². The Hall–Kier alpha value is -2.22. The summed E-state index contributed by atoms with van der Waals surface area (Å²) in [6, 6.07) is 5.76. The average Bonchev–Trinajstić information content (AvgIpc) is 3.30. The fourth-order valence-electron chi connectivity index (χ4n) is 3.22. The molecule has 2 aromatic rings. The van der Waals surface area contributed by atoms with E-state index in [9.17, 15) is 4.79 Å². The van der Waals surface area contributed by atoms with Crippen molar-refractivity contribution in [3.05, 3.63) is 18.2 Å². The van der Waals surface area contributed by atoms with E-state index >= 15 is 0 Å². The quantitative estimate of drug-likeness (QED) is 0.803. The summed E-state index contributed by atoms with van der Waals surface area (Å²) in [5.74, 6) is 2.82. The fraction of sp³-hybridized carbons (Fsp3) is 0.500. The Morgan fingerprint density at radius 1 is 1.19 bits per heavy atom. The monoisotopic (exact) mass is 375 g/mol. The van der Waals surface area contributed by atoms with Crippen molar-refractivity contribution in [3.8, 4) is 23.0 Å². The number of nitrogens with zero attached hydrogens (tertiary/aromatic N) is 2. The van der Waals surface area contributed by atoms with Crippen LogP contribution in [0.1, 0.15) is 32.6 Å². The van der Waals surface area contributed by atoms with E-state index in [4.69, 9.17) is 13.9 Å². The first-order valence-corrected chi connectivity index (χ1v) is 9.81. The molecule has 7 nitrogen and oxygen atoms in total. The molecule has 4 rings (SSSR count). The molecule has 1 N–H and O–H groups in total. The van der Waals surface area contributed by atoms with Crippen molar-refractivity contribution in [1.82, 2.24) is 15.5 Å². The Bertz CT molecular complexity index is 786. The number of carbonyl (C=O) groups excluding carboxylic acids is 1. The maximum Gasteiger partial charge on any atom is 0.277 e. The highest BCUT2D eigenvalue weighted by Gasteiger charge is 2.21. The summed E-state index contributed by atoms with van der Waals surface area (Å²) >= 11 is 1.25. The molecule has 0 radical (unpaired) electrons. The molecule has 26 heavy (non-hydrogen) atoms. The van der Waals surface area contributed by atoms with E-state index < -0.39 is 0 Å². The summed E-state index contributed by atoms with van der Waals surface area (Å²) in [4.78, 5) is 12.1. The van der Waals surface area contributed by atoms with E-state index in [0.717, 1.165) is 24.3 Å². The van der Waals surface area contributed by atoms with Crippen molar-refractivity contribution in [2.75, 3.05) is 12.5 Å². The zero-order valence-electron chi connectivity index (χ0n) is 14.6. The SMILES string of the molecule is CC1CCC(NC(=O)CSc2nnc(-c3ccc4c(c3)OCO4)o2)CC1. The van der Waals surface area contributed by atoms with Gasteiger partial charge in [0.2, 0.25) is 18.6 Å². The van der Waals surface area contributed by atoms with Crippen molar-refractivity contribution in [1.29, 1.82) is 0 Å². The van der Waals surface area contributed by atoms with Crippen LogP contribution in [0.3, 0.4) is 0 Å². The lowest BCUT2D eigenvalue weighted by molar-refractivity contribution is -0.119. The topological polar surface area (TPSA) is 86.5 Å². The Balaban J connectivity index is 1.30. The number of rotatable bonds is 5. The van der Waals surface area contributed by atoms with Gasteiger partial charge < -0.3 is 19.2 Å². The number of fused-ring (bicyclic) bond motifs is 1. The minimum Gasteiger partial charge on any atom is -0.454 e. The van der Waals surface area contributed by atoms with Gasteiger partial charge in [-0.05, 0) is 49.8 Å². The van der Waals surface area contributed by atoms with Crippen molar-refractivity contribution in [3.63, 3.8) is 0 Å². The first-order valence-electron chi connectivity index (χ1n) is 8.83. The van der Waals surface area contributed by atoms with Crippen molar-refractivity contribution in [2.45, 2.75) is 43.9 Å². The summed E-state index contributed by atoms with van der Waals surface area (Å²) in [6.45, 7) is 2.49. The summed E-state index contributed by atoms with van der Waals surface area (Å²) in [5.41, 5.74) is 0.759. The van der Waals surface area contributed by atoms with Crippen molar-refractivity contribution >= 4 is 17.7 Å². The van der Waals surface area contributed by atoms with Crippen LogP contribution in [0.2, 0.25) is 0 Å². The molecule has 0 atom stereocenters. The highest BCUT2D eigenvalue weighted by Crippen LogP contribution is 2.36. The van der Waals surface area contributed by atoms with E-state index in [1.165, 1.54) is 24.6 Å². The van der Waals surface area contributed by atoms with Gasteiger partial charge in [-0.15, -0.1) is 10.2 Å². The predicted octanol–water partition coefficient (Wildman–Crippen LogP) is 3.25. The molecule has 8 heteroatoms. The van der Waals surface area contributed by atoms with E-state index in [-0.39, 0.29) is 18.5 Å². The number of carbonyl (C=O) groups is 1. The third-order valence-corrected chi connectivity index (χ3v) is 5.55. The number of amides is 1. The standard InChI is InChI=1S/C18H21N3O4S/c1-11-2-5-13(6-3-11)19-16(22)9-26-18-21-20-17(25-18)12-4-7-14-15(8-12)24-10-23-14/h4,7-8,11,13H,2-3,5-6,9-10H2,1H3,(H,19,22). The van der Waals surface area contributed by atoms with Crippen molar-refractivity contribution in [2.24, 2.45) is 5.92 Å². The molecule has 0 spiro atoms. The van der Waals surface area contributed by atoms with E-state index in [1.54, 1.807) is 6.07 Å². The molecule has 1 fully saturated rings. The molecule has 1 saturated carbocycles. The van der Waals surface area contributed by atoms with Crippen LogP contribution in [-0.4, -0.2) is 34.7 Å². The smallest absolute Gasteiger partial charge is 0.277 e. The van der Waals surface area contributed by atoms with Crippen LogP contribution < -0.4 is 14.8 Å². The van der Waals surface area contributed by atoms with Crippen molar-refractivity contribution < 1.29 is 18.7 Å². The molecule has 1 amide bonds. The predicted molar refractivity (Wildman–Crippen MR) is 96.1 cm³/mol. The van der Waals surface area contributed by atoms with Gasteiger partial charge in [-0.2, -0.15) is 0 Å². The minimum absolute atomic E-state index is 0.0115. The average molecular weight is 375 g/mol. The van der Waals surface area contributed by atoms with Gasteiger partial charge in [-0.25, -0.2) is 0 Å². The van der Waals surface area contributed by atoms with Crippen LogP contribution in [-0.2, 0) is 4.79 Å². The molecule has 0 bridgehead atoms. The lowest BCUT2D eigenvalue weighted by atomic mass is 9.87. The van der Waals surface area contributed by atoms with Crippen LogP contribution in [0.25, 0.3) is 11.5 Å². The molecule has 2 heterocycles. The van der Waals surface area contributed by atoms with Crippen LogP contribution in [0, 0.1) is 5.92 Å². The van der Waals surface area contributed by atoms with Gasteiger partial charge in [0.25, 0.3) is 5.22 Å². The van der Waals surface area contributed by atoms with Crippen LogP contribution >= 0.6 is 11.8 Å². The van der Waals surface area contributed by atoms with Crippen LogP contribution in [0.4, 0.5) is 0 Å². The van der Waals surface area contributed by atoms with Gasteiger partial charge in [0, 0.05) is 11.6 Å². The summed E-state index contributed by atoms with van der Waals surface area (Å²) in [5, 5.41) is 11.5. The highest BCUT2D eigenvalue weighted by atomic mass is 32.2. The van der Waals surface area contributed by atoms with E-state index in [1.807, 2.05) is 12.1 Å². The van der Waals surface area contributed by atoms with Gasteiger partial charge in [-0.1, -0.05) is 18.7 Å². The Kier molecular flexibility index (Phi) is 5.01. The highest BCUT2D eigenvalue weighted by molar-refractivity contribution is 7.99. The third kappa shape index (κ3) is 3.95. The second-order valence-corrected chi connectivity index (χ2v) is 7.68. The summed E-state index contributed by atoms with van der Waals surface area (Å²) < 4.78 is 16.3. The first-order chi connectivity index (χ1) is 12.7. The number of hydrogen-bond acceptors (Lipinski definition) is 7. The fourth-order valence-corrected chi connectivity index (χ4v) is 3.79. The molecular weight excluding hydrogens is 354 g/mol. The molecule has 138 valence electrons. The maximum atomic E-state index is 12.1. The Morgan fingerprint density at radius 3 is 2.85 bits per heavy atom. The molecular formula is C18H21N3O4S. The lowest BCUT2D eigenvalue weighted by Crippen LogP contribution is -2.38. The van der Waals surface area contributed by atoms with Gasteiger partial charge in [-0.3, -0.25) is 4.79 Å². The number of ether oxygens (including phenoxy) is 2. The van der Waals surface area contributed by atoms with Gasteiger partial charge in [0.05, 0.1) is 5.75 Å². The molecule has 1 aromatic carbocycles. The molecule has 2 aliphatic rings. The third-order valence-electron chi connectivity index (χ3n) is 4.73. The zero-order valence-corrected chi connectivity index (χ0v) is 15.4. The Labute approximate surface area is 155 Å². The molecule has 1 aromatic heterocycles. The van der Waals surface area contributed by atoms with E-state index in [2.05, 4.69) is 22.4 Å². The second kappa shape index (κ2) is 7.57. The molecule has 0 unspecified atom stereocenters. The number of benzene rings is 1. The van der Waals surface area contributed by atoms with Gasteiger partial charge in [0.1, 0.15) is 0 Å². The van der Waals surface area contributed by atoms with E-state index in [0.29, 0.717) is 28.7 Å². The second-order valence-electron chi connectivity index (χ2n) is 6.75. The largest absolute Gasteiger partial charge is 0.454 e. The van der Waals surface area contributed by atoms with Crippen LogP contribution in [0.5, 0.6) is 11.5 Å². The summed E-state index contributed by atoms with van der Waals surface area (Å²) in [7, 11) is 0. The summed E-state index contributed by atoms with van der Waals surface area (Å²) in [6.07, 6.45) is 4.49. The minimum atomic E-state index is 0.0115. The van der Waals surface area contributed by atoms with Gasteiger partial charge in [0.15, 0.2) is 11.5 Å². The number of aromatic nitrogens is 2. The first kappa shape index (κ1) is 17.2. The number of thioether (sulfide) groups is 1. The number of nitrogens with one attached hydrogen (secondary N) is 1. The number of hydrogen-bond donors (Lipinski definition) is 1. The molecule has 1 aliphatic heterocycles. The molecule has 1 aliphatic carbocycles. The zero-order chi connectivity index (χ0) is 17.9. The van der Waals surface area contributed by atoms with Gasteiger partial charge >= 0.3 is 0 Å². The normalized spacial score (nSPS) is 21.6.